The molecule has 0 saturated heterocycles. The summed E-state index contributed by atoms with van der Waals surface area (Å²) in [5, 5.41) is 3.26. The van der Waals surface area contributed by atoms with Crippen molar-refractivity contribution < 1.29 is 0 Å². The number of aromatic amines is 1. The first-order chi connectivity index (χ1) is 8.81. The molecule has 0 atom stereocenters. The Hall–Kier alpha value is -1.73. The molecule has 1 N–H and O–H groups in total. The smallest absolute Gasteiger partial charge is 0.0468 e. The zero-order chi connectivity index (χ0) is 12.1. The van der Waals surface area contributed by atoms with Gasteiger partial charge in [0.15, 0.2) is 0 Å². The van der Waals surface area contributed by atoms with Gasteiger partial charge in [-0.1, -0.05) is 23.8 Å². The fourth-order valence-corrected chi connectivity index (χ4v) is 2.97. The second-order valence-corrected chi connectivity index (χ2v) is 5.29. The van der Waals surface area contributed by atoms with Crippen LogP contribution in [0.4, 0.5) is 0 Å². The Balaban J connectivity index is 2.14. The molecule has 1 aromatic heterocycles. The summed E-state index contributed by atoms with van der Waals surface area (Å²) in [6.07, 6.45) is 6.75. The van der Waals surface area contributed by atoms with Crippen LogP contribution in [0, 0.1) is 0 Å². The van der Waals surface area contributed by atoms with Crippen molar-refractivity contribution in [2.45, 2.75) is 12.8 Å². The Morgan fingerprint density at radius 2 is 1.89 bits per heavy atom. The molecule has 0 fully saturated rings. The fourth-order valence-electron chi connectivity index (χ4n) is 2.80. The maximum absolute atomic E-state index is 6.09. The highest BCUT2D eigenvalue weighted by molar-refractivity contribution is 6.31. The van der Waals surface area contributed by atoms with Gasteiger partial charge in [0.05, 0.1) is 0 Å². The molecule has 1 nitrogen and oxygen atoms in total. The van der Waals surface area contributed by atoms with E-state index in [2.05, 4.69) is 29.3 Å². The minimum atomic E-state index is 0.789. The van der Waals surface area contributed by atoms with Gasteiger partial charge < -0.3 is 4.98 Å². The molecule has 1 aliphatic carbocycles. The van der Waals surface area contributed by atoms with Crippen LogP contribution in [0.25, 0.3) is 27.9 Å². The molecule has 0 radical (unpaired) electrons. The third kappa shape index (κ3) is 1.41. The van der Waals surface area contributed by atoms with E-state index < -0.39 is 0 Å². The quantitative estimate of drug-likeness (QED) is 0.584. The highest BCUT2D eigenvalue weighted by Gasteiger charge is 2.10. The number of aryl methyl sites for hydroxylation is 1. The average molecular weight is 254 g/mol. The lowest BCUT2D eigenvalue weighted by molar-refractivity contribution is 0.988. The number of hydrogen-bond acceptors (Lipinski definition) is 0. The lowest BCUT2D eigenvalue weighted by atomic mass is 9.95. The zero-order valence-electron chi connectivity index (χ0n) is 9.83. The predicted molar refractivity (Wildman–Crippen MR) is 78.2 cm³/mol. The molecule has 0 unspecified atom stereocenters. The topological polar surface area (TPSA) is 15.8 Å². The van der Waals surface area contributed by atoms with Crippen molar-refractivity contribution in [2.75, 3.05) is 0 Å². The first-order valence-electron chi connectivity index (χ1n) is 6.22. The Kier molecular flexibility index (Phi) is 2.06. The predicted octanol–water partition coefficient (Wildman–Crippen LogP) is 4.93. The van der Waals surface area contributed by atoms with E-state index >= 15 is 0 Å². The third-order valence-corrected chi connectivity index (χ3v) is 3.93. The average Bonchev–Trinajstić information content (AvgIpc) is 2.73. The highest BCUT2D eigenvalue weighted by Crippen LogP contribution is 2.32. The van der Waals surface area contributed by atoms with Crippen LogP contribution in [-0.2, 0) is 6.42 Å². The molecule has 1 heterocycles. The summed E-state index contributed by atoms with van der Waals surface area (Å²) in [7, 11) is 0. The van der Waals surface area contributed by atoms with E-state index in [-0.39, 0.29) is 0 Å². The number of aromatic nitrogens is 1. The Labute approximate surface area is 110 Å². The molecule has 2 aromatic carbocycles. The van der Waals surface area contributed by atoms with Gasteiger partial charge >= 0.3 is 0 Å². The standard InChI is InChI=1S/C16H12ClN/c17-12-5-6-15-14(9-12)13-7-10-3-1-2-4-11(10)8-16(13)18-15/h1,3,5-9,18H,2,4H2. The maximum atomic E-state index is 6.09. The van der Waals surface area contributed by atoms with E-state index in [0.29, 0.717) is 0 Å². The summed E-state index contributed by atoms with van der Waals surface area (Å²) in [5.41, 5.74) is 5.14. The van der Waals surface area contributed by atoms with E-state index in [0.717, 1.165) is 23.4 Å². The van der Waals surface area contributed by atoms with Gasteiger partial charge in [-0.25, -0.2) is 0 Å². The van der Waals surface area contributed by atoms with Crippen LogP contribution in [0.3, 0.4) is 0 Å². The van der Waals surface area contributed by atoms with Gasteiger partial charge in [0.1, 0.15) is 0 Å². The van der Waals surface area contributed by atoms with Gasteiger partial charge in [0, 0.05) is 26.8 Å². The second-order valence-electron chi connectivity index (χ2n) is 4.85. The van der Waals surface area contributed by atoms with Gasteiger partial charge in [-0.2, -0.15) is 0 Å². The van der Waals surface area contributed by atoms with Crippen LogP contribution in [0.2, 0.25) is 5.02 Å². The molecule has 3 aromatic rings. The summed E-state index contributed by atoms with van der Waals surface area (Å²) in [6.45, 7) is 0. The number of fused-ring (bicyclic) bond motifs is 4. The van der Waals surface area contributed by atoms with Crippen molar-refractivity contribution in [3.8, 4) is 0 Å². The minimum Gasteiger partial charge on any atom is -0.355 e. The van der Waals surface area contributed by atoms with Crippen molar-refractivity contribution >= 4 is 39.5 Å². The summed E-state index contributed by atoms with van der Waals surface area (Å²) in [6, 6.07) is 10.6. The molecule has 18 heavy (non-hydrogen) atoms. The van der Waals surface area contributed by atoms with Crippen molar-refractivity contribution in [1.29, 1.82) is 0 Å². The third-order valence-electron chi connectivity index (χ3n) is 3.70. The van der Waals surface area contributed by atoms with Crippen LogP contribution in [0.15, 0.2) is 36.4 Å². The number of benzene rings is 2. The second kappa shape index (κ2) is 3.63. The van der Waals surface area contributed by atoms with Gasteiger partial charge in [-0.05, 0) is 54.3 Å². The van der Waals surface area contributed by atoms with Crippen LogP contribution in [0.5, 0.6) is 0 Å². The number of hydrogen-bond donors (Lipinski definition) is 1. The normalized spacial score (nSPS) is 14.3. The van der Waals surface area contributed by atoms with Crippen LogP contribution >= 0.6 is 11.6 Å². The lowest BCUT2D eigenvalue weighted by Crippen LogP contribution is -1.93. The molecule has 0 amide bonds. The molecule has 88 valence electrons. The molecular formula is C16H12ClN. The molecule has 4 rings (SSSR count). The van der Waals surface area contributed by atoms with Crippen molar-refractivity contribution in [1.82, 2.24) is 4.98 Å². The van der Waals surface area contributed by atoms with E-state index in [1.54, 1.807) is 0 Å². The summed E-state index contributed by atoms with van der Waals surface area (Å²) in [4.78, 5) is 3.47. The van der Waals surface area contributed by atoms with Crippen molar-refractivity contribution in [3.05, 3.63) is 52.6 Å². The van der Waals surface area contributed by atoms with Gasteiger partial charge in [-0.3, -0.25) is 0 Å². The number of nitrogens with one attached hydrogen (secondary N) is 1. The van der Waals surface area contributed by atoms with Crippen molar-refractivity contribution in [3.63, 3.8) is 0 Å². The van der Waals surface area contributed by atoms with E-state index in [1.807, 2.05) is 18.2 Å². The summed E-state index contributed by atoms with van der Waals surface area (Å²) >= 11 is 6.09. The number of halogens is 1. The molecule has 1 aliphatic rings. The number of allylic oxidation sites excluding steroid dienone is 1. The highest BCUT2D eigenvalue weighted by atomic mass is 35.5. The van der Waals surface area contributed by atoms with E-state index in [4.69, 9.17) is 11.6 Å². The van der Waals surface area contributed by atoms with Crippen molar-refractivity contribution in [2.24, 2.45) is 0 Å². The lowest BCUT2D eigenvalue weighted by Gasteiger charge is -2.10. The monoisotopic (exact) mass is 253 g/mol. The van der Waals surface area contributed by atoms with Gasteiger partial charge in [0.2, 0.25) is 0 Å². The largest absolute Gasteiger partial charge is 0.355 e. The molecule has 0 spiro atoms. The first-order valence-corrected chi connectivity index (χ1v) is 6.59. The molecular weight excluding hydrogens is 242 g/mol. The van der Waals surface area contributed by atoms with Crippen LogP contribution in [-0.4, -0.2) is 4.98 Å². The van der Waals surface area contributed by atoms with Crippen LogP contribution < -0.4 is 0 Å². The Bertz CT molecular complexity index is 796. The molecule has 0 saturated carbocycles. The summed E-state index contributed by atoms with van der Waals surface area (Å²) in [5.74, 6) is 0. The molecule has 2 heteroatoms. The number of H-pyrrole nitrogens is 1. The van der Waals surface area contributed by atoms with E-state index in [1.165, 1.54) is 27.4 Å². The van der Waals surface area contributed by atoms with E-state index in [9.17, 15) is 0 Å². The van der Waals surface area contributed by atoms with Gasteiger partial charge in [0.25, 0.3) is 0 Å². The SMILES string of the molecule is Clc1ccc2[nH]c3cc4c(cc3c2c1)C=CCC4. The minimum absolute atomic E-state index is 0.789. The first kappa shape index (κ1) is 10.2. The van der Waals surface area contributed by atoms with Crippen LogP contribution in [0.1, 0.15) is 17.5 Å². The summed E-state index contributed by atoms with van der Waals surface area (Å²) < 4.78 is 0. The Morgan fingerprint density at radius 1 is 1.00 bits per heavy atom. The maximum Gasteiger partial charge on any atom is 0.0468 e. The number of rotatable bonds is 0. The van der Waals surface area contributed by atoms with Gasteiger partial charge in [-0.15, -0.1) is 0 Å². The zero-order valence-corrected chi connectivity index (χ0v) is 10.6. The molecule has 0 bridgehead atoms. The fraction of sp³-hybridized carbons (Fsp3) is 0.125. The molecule has 0 aliphatic heterocycles. The Morgan fingerprint density at radius 3 is 2.83 bits per heavy atom.